The van der Waals surface area contributed by atoms with Gasteiger partial charge < -0.3 is 18.9 Å². The number of rotatable bonds is 8. The first-order valence-corrected chi connectivity index (χ1v) is 12.6. The Morgan fingerprint density at radius 3 is 2.58 bits per heavy atom. The number of aromatic nitrogens is 2. The molecule has 0 bridgehead atoms. The summed E-state index contributed by atoms with van der Waals surface area (Å²) in [5.41, 5.74) is 4.91. The highest BCUT2D eigenvalue weighted by molar-refractivity contribution is 6.32. The number of carbonyl (C=O) groups excluding carboxylic acids is 1. The molecule has 1 amide bonds. The minimum absolute atomic E-state index is 0.0126. The first-order chi connectivity index (χ1) is 17.4. The van der Waals surface area contributed by atoms with Crippen molar-refractivity contribution in [3.05, 3.63) is 82.6 Å². The van der Waals surface area contributed by atoms with Gasteiger partial charge >= 0.3 is 0 Å². The second-order valence-corrected chi connectivity index (χ2v) is 9.67. The van der Waals surface area contributed by atoms with E-state index in [9.17, 15) is 4.79 Å². The van der Waals surface area contributed by atoms with Crippen LogP contribution in [0.25, 0.3) is 11.0 Å². The van der Waals surface area contributed by atoms with Crippen LogP contribution in [0.1, 0.15) is 35.7 Å². The maximum Gasteiger partial charge on any atom is 0.227 e. The highest BCUT2D eigenvalue weighted by Crippen LogP contribution is 2.34. The molecule has 7 heteroatoms. The highest BCUT2D eigenvalue weighted by atomic mass is 35.5. The molecular formula is C29H30ClN3O3. The van der Waals surface area contributed by atoms with Gasteiger partial charge in [0.1, 0.15) is 17.3 Å². The van der Waals surface area contributed by atoms with Crippen LogP contribution in [0.15, 0.2) is 60.7 Å². The molecule has 0 aliphatic carbocycles. The topological polar surface area (TPSA) is 56.6 Å². The van der Waals surface area contributed by atoms with Gasteiger partial charge in [-0.1, -0.05) is 29.8 Å². The zero-order valence-corrected chi connectivity index (χ0v) is 21.6. The maximum absolute atomic E-state index is 13.0. The number of ether oxygens (including phenoxy) is 2. The van der Waals surface area contributed by atoms with Gasteiger partial charge in [0.05, 0.1) is 24.8 Å². The third-order valence-electron chi connectivity index (χ3n) is 6.74. The SMILES string of the molecule is COc1cccc(N2CC(c3nc4ccccc4n3CCCOc3cc(C)c(Cl)c(C)c3)CC2=O)c1. The molecule has 1 aliphatic heterocycles. The predicted molar refractivity (Wildman–Crippen MR) is 143 cm³/mol. The number of halogens is 1. The van der Waals surface area contributed by atoms with Crippen molar-refractivity contribution in [2.45, 2.75) is 39.2 Å². The molecule has 0 spiro atoms. The lowest BCUT2D eigenvalue weighted by molar-refractivity contribution is -0.117. The van der Waals surface area contributed by atoms with Crippen LogP contribution in [0.5, 0.6) is 11.5 Å². The summed E-state index contributed by atoms with van der Waals surface area (Å²) in [7, 11) is 1.63. The number of carbonyl (C=O) groups is 1. The summed E-state index contributed by atoms with van der Waals surface area (Å²) in [5, 5.41) is 0.783. The van der Waals surface area contributed by atoms with Gasteiger partial charge in [-0.3, -0.25) is 4.79 Å². The lowest BCUT2D eigenvalue weighted by Gasteiger charge is -2.18. The minimum atomic E-state index is 0.0126. The van der Waals surface area contributed by atoms with E-state index < -0.39 is 0 Å². The molecule has 6 nitrogen and oxygen atoms in total. The van der Waals surface area contributed by atoms with Crippen molar-refractivity contribution < 1.29 is 14.3 Å². The number of methoxy groups -OCH3 is 1. The zero-order chi connectivity index (χ0) is 25.2. The van der Waals surface area contributed by atoms with Crippen LogP contribution in [-0.2, 0) is 11.3 Å². The molecule has 1 saturated heterocycles. The van der Waals surface area contributed by atoms with Crippen LogP contribution in [0.3, 0.4) is 0 Å². The molecule has 1 aromatic heterocycles. The number of anilines is 1. The molecule has 0 radical (unpaired) electrons. The molecule has 36 heavy (non-hydrogen) atoms. The van der Waals surface area contributed by atoms with Crippen molar-refractivity contribution in [2.24, 2.45) is 0 Å². The van der Waals surface area contributed by atoms with Crippen molar-refractivity contribution >= 4 is 34.2 Å². The number of hydrogen-bond acceptors (Lipinski definition) is 4. The van der Waals surface area contributed by atoms with Crippen LogP contribution in [0.4, 0.5) is 5.69 Å². The molecule has 0 N–H and O–H groups in total. The summed E-state index contributed by atoms with van der Waals surface area (Å²) < 4.78 is 13.7. The van der Waals surface area contributed by atoms with Gasteiger partial charge in [-0.05, 0) is 67.8 Å². The zero-order valence-electron chi connectivity index (χ0n) is 20.8. The molecule has 0 saturated carbocycles. The van der Waals surface area contributed by atoms with Crippen LogP contribution < -0.4 is 14.4 Å². The van der Waals surface area contributed by atoms with E-state index in [1.807, 2.05) is 73.3 Å². The molecule has 1 unspecified atom stereocenters. The monoisotopic (exact) mass is 503 g/mol. The number of imidazole rings is 1. The first-order valence-electron chi connectivity index (χ1n) is 12.2. The Balaban J connectivity index is 1.34. The second kappa shape index (κ2) is 10.2. The van der Waals surface area contributed by atoms with Crippen molar-refractivity contribution in [2.75, 3.05) is 25.2 Å². The molecule has 1 fully saturated rings. The van der Waals surface area contributed by atoms with Gasteiger partial charge in [-0.25, -0.2) is 4.98 Å². The van der Waals surface area contributed by atoms with E-state index in [-0.39, 0.29) is 11.8 Å². The largest absolute Gasteiger partial charge is 0.497 e. The average Bonchev–Trinajstić information content (AvgIpc) is 3.45. The quantitative estimate of drug-likeness (QED) is 0.264. The smallest absolute Gasteiger partial charge is 0.227 e. The fourth-order valence-corrected chi connectivity index (χ4v) is 5.06. The number of amides is 1. The van der Waals surface area contributed by atoms with Crippen molar-refractivity contribution in [3.8, 4) is 11.5 Å². The molecular weight excluding hydrogens is 474 g/mol. The first kappa shape index (κ1) is 24.2. The Kier molecular flexibility index (Phi) is 6.88. The van der Waals surface area contributed by atoms with E-state index in [0.717, 1.165) is 63.2 Å². The van der Waals surface area contributed by atoms with Gasteiger partial charge in [0.15, 0.2) is 0 Å². The molecule has 5 rings (SSSR count). The summed E-state index contributed by atoms with van der Waals surface area (Å²) in [6, 6.07) is 19.8. The molecule has 186 valence electrons. The summed E-state index contributed by atoms with van der Waals surface area (Å²) in [6.07, 6.45) is 1.24. The fraction of sp³-hybridized carbons (Fsp3) is 0.310. The van der Waals surface area contributed by atoms with Crippen molar-refractivity contribution in [3.63, 3.8) is 0 Å². The van der Waals surface area contributed by atoms with Crippen molar-refractivity contribution in [1.29, 1.82) is 0 Å². The summed E-state index contributed by atoms with van der Waals surface area (Å²) in [4.78, 5) is 19.8. The number of fused-ring (bicyclic) bond motifs is 1. The Morgan fingerprint density at radius 1 is 1.03 bits per heavy atom. The van der Waals surface area contributed by atoms with E-state index in [2.05, 4.69) is 10.6 Å². The van der Waals surface area contributed by atoms with Gasteiger partial charge in [0.2, 0.25) is 5.91 Å². The van der Waals surface area contributed by atoms with E-state index in [1.165, 1.54) is 0 Å². The molecule has 1 aliphatic rings. The van der Waals surface area contributed by atoms with Gasteiger partial charge in [-0.15, -0.1) is 0 Å². The number of hydrogen-bond donors (Lipinski definition) is 0. The van der Waals surface area contributed by atoms with Crippen molar-refractivity contribution in [1.82, 2.24) is 9.55 Å². The Morgan fingerprint density at radius 2 is 1.81 bits per heavy atom. The molecule has 3 aromatic carbocycles. The van der Waals surface area contributed by atoms with Crippen LogP contribution in [0, 0.1) is 13.8 Å². The number of aryl methyl sites for hydroxylation is 3. The molecule has 4 aromatic rings. The summed E-state index contributed by atoms with van der Waals surface area (Å²) in [6.45, 7) is 5.90. The number of para-hydroxylation sites is 2. The third-order valence-corrected chi connectivity index (χ3v) is 7.34. The summed E-state index contributed by atoms with van der Waals surface area (Å²) in [5.74, 6) is 2.64. The fourth-order valence-electron chi connectivity index (χ4n) is 4.95. The minimum Gasteiger partial charge on any atom is -0.497 e. The van der Waals surface area contributed by atoms with Gasteiger partial charge in [0, 0.05) is 42.2 Å². The Labute approximate surface area is 216 Å². The second-order valence-electron chi connectivity index (χ2n) is 9.29. The van der Waals surface area contributed by atoms with Crippen LogP contribution >= 0.6 is 11.6 Å². The Hall–Kier alpha value is -3.51. The highest BCUT2D eigenvalue weighted by Gasteiger charge is 2.35. The van der Waals surface area contributed by atoms with Crippen LogP contribution in [0.2, 0.25) is 5.02 Å². The van der Waals surface area contributed by atoms with E-state index in [1.54, 1.807) is 7.11 Å². The predicted octanol–water partition coefficient (Wildman–Crippen LogP) is 6.30. The Bertz CT molecular complexity index is 1390. The van der Waals surface area contributed by atoms with Crippen LogP contribution in [-0.4, -0.2) is 35.7 Å². The van der Waals surface area contributed by atoms with E-state index >= 15 is 0 Å². The average molecular weight is 504 g/mol. The molecule has 1 atom stereocenters. The number of nitrogens with zero attached hydrogens (tertiary/aromatic N) is 3. The van der Waals surface area contributed by atoms with E-state index in [4.69, 9.17) is 26.1 Å². The normalized spacial score (nSPS) is 15.6. The van der Waals surface area contributed by atoms with Gasteiger partial charge in [0.25, 0.3) is 0 Å². The standard InChI is InChI=1S/C29H30ClN3O3/c1-19-14-24(15-20(2)28(19)30)36-13-7-12-32-26-11-5-4-10-25(26)31-29(32)21-16-27(34)33(18-21)22-8-6-9-23(17-22)35-3/h4-6,8-11,14-15,17,21H,7,12-13,16,18H2,1-3H3. The van der Waals surface area contributed by atoms with Gasteiger partial charge in [-0.2, -0.15) is 0 Å². The lowest BCUT2D eigenvalue weighted by Crippen LogP contribution is -2.24. The maximum atomic E-state index is 13.0. The molecule has 2 heterocycles. The van der Waals surface area contributed by atoms with E-state index in [0.29, 0.717) is 19.6 Å². The lowest BCUT2D eigenvalue weighted by atomic mass is 10.1. The number of benzene rings is 3. The third kappa shape index (κ3) is 4.78. The summed E-state index contributed by atoms with van der Waals surface area (Å²) >= 11 is 6.29.